The average molecular weight is 924 g/mol. The van der Waals surface area contributed by atoms with Crippen molar-refractivity contribution in [2.75, 3.05) is 36.9 Å². The van der Waals surface area contributed by atoms with Gasteiger partial charge in [-0.15, -0.1) is 0 Å². The van der Waals surface area contributed by atoms with Crippen molar-refractivity contribution in [1.82, 2.24) is 16.0 Å². The first-order valence-corrected chi connectivity index (χ1v) is 20.9. The van der Waals surface area contributed by atoms with Gasteiger partial charge in [0.2, 0.25) is 17.7 Å². The fraction of sp³-hybridized carbons (Fsp3) is 0.818. The molecule has 0 rings (SSSR count). The van der Waals surface area contributed by atoms with Crippen LogP contribution in [0.1, 0.15) is 116 Å². The topological polar surface area (TPSA) is 208 Å². The van der Waals surface area contributed by atoms with E-state index in [0.717, 1.165) is 94.3 Å². The van der Waals surface area contributed by atoms with E-state index in [2.05, 4.69) is 91.7 Å². The molecule has 0 spiro atoms. The molecule has 3 N–H and O–H groups in total. The molecule has 20 heteroatoms. The Hall–Kier alpha value is 0.543. The second-order valence-electron chi connectivity index (χ2n) is 11.7. The summed E-state index contributed by atoms with van der Waals surface area (Å²) in [6.45, 7) is 0.446. The maximum atomic E-state index is 11.2. The molecule has 0 aromatic rings. The maximum Gasteiger partial charge on any atom is 2.00 e. The van der Waals surface area contributed by atoms with Crippen LogP contribution in [-0.4, -0.2) is 88.3 Å². The van der Waals surface area contributed by atoms with E-state index < -0.39 is 17.9 Å². The first-order valence-electron chi connectivity index (χ1n) is 17.4. The van der Waals surface area contributed by atoms with Gasteiger partial charge in [0.15, 0.2) is 0 Å². The van der Waals surface area contributed by atoms with Crippen LogP contribution in [0.4, 0.5) is 0 Å². The van der Waals surface area contributed by atoms with Gasteiger partial charge in [0, 0.05) is 91.8 Å². The Kier molecular flexibility index (Phi) is 55.5. The first kappa shape index (κ1) is 62.7. The third-order valence-electron chi connectivity index (χ3n) is 6.91. The van der Waals surface area contributed by atoms with Crippen LogP contribution in [0.5, 0.6) is 0 Å². The van der Waals surface area contributed by atoms with E-state index in [1.165, 1.54) is 0 Å². The van der Waals surface area contributed by atoms with Crippen molar-refractivity contribution in [2.45, 2.75) is 131 Å². The number of rotatable bonds is 30. The molecule has 0 bridgehead atoms. The van der Waals surface area contributed by atoms with Gasteiger partial charge in [-0.25, -0.2) is 0 Å². The minimum absolute atomic E-state index is 0. The Bertz CT molecular complexity index is 839. The number of unbranched alkanes of at least 4 members (excludes halogenated alkanes) is 3. The summed E-state index contributed by atoms with van der Waals surface area (Å²) in [6, 6.07) is 0. The van der Waals surface area contributed by atoms with E-state index in [1.54, 1.807) is 0 Å². The zero-order valence-electron chi connectivity index (χ0n) is 31.3. The second-order valence-corrected chi connectivity index (χ2v) is 15.2. The number of amides is 3. The smallest absolute Gasteiger partial charge is 0.550 e. The van der Waals surface area contributed by atoms with Gasteiger partial charge in [0.25, 0.3) is 0 Å². The molecule has 3 unspecified atom stereocenters. The molecule has 0 aromatic heterocycles. The number of hydrogen-bond acceptors (Lipinski definition) is 15. The number of aliphatic carboxylic acids is 3. The van der Waals surface area contributed by atoms with Crippen LogP contribution >= 0.6 is 75.8 Å². The van der Waals surface area contributed by atoms with Crippen molar-refractivity contribution in [3.63, 3.8) is 0 Å². The van der Waals surface area contributed by atoms with Gasteiger partial charge >= 0.3 is 49.0 Å². The number of nitrogens with one attached hydrogen (secondary N) is 3. The minimum atomic E-state index is -1.14. The van der Waals surface area contributed by atoms with E-state index in [-0.39, 0.29) is 106 Å². The van der Waals surface area contributed by atoms with E-state index in [0.29, 0.717) is 35.0 Å². The van der Waals surface area contributed by atoms with Gasteiger partial charge in [-0.3, -0.25) is 14.4 Å². The second kappa shape index (κ2) is 46.9. The van der Waals surface area contributed by atoms with Gasteiger partial charge in [0.05, 0.1) is 0 Å². The SMILES string of the molecule is O=C([O-])CCNC(=O)CCCCC(S)CCS.O=C([O-])CCNC(=O)CCCCC(S)CCS.O=C([O-])CCNC(=O)CCCCC(S)CCS.[Na+].[Zn+2]. The number of hydrogen-bond donors (Lipinski definition) is 9. The van der Waals surface area contributed by atoms with Crippen LogP contribution in [0, 0.1) is 0 Å². The molecule has 0 radical (unpaired) electrons. The first-order chi connectivity index (χ1) is 24.2. The Labute approximate surface area is 385 Å². The molecule has 0 saturated heterocycles. The molecule has 0 aliphatic carbocycles. The molecular formula is C33H60N3NaO9S6Zn. The number of carboxylic acids is 3. The molecule has 53 heavy (non-hydrogen) atoms. The van der Waals surface area contributed by atoms with Gasteiger partial charge in [-0.2, -0.15) is 75.8 Å². The third-order valence-corrected chi connectivity index (χ3v) is 9.24. The van der Waals surface area contributed by atoms with Crippen LogP contribution in [-0.2, 0) is 48.2 Å². The molecule has 0 aliphatic rings. The summed E-state index contributed by atoms with van der Waals surface area (Å²) >= 11 is 25.6. The predicted molar refractivity (Wildman–Crippen MR) is 217 cm³/mol. The van der Waals surface area contributed by atoms with Crippen molar-refractivity contribution >= 4 is 111 Å². The summed E-state index contributed by atoms with van der Waals surface area (Å²) in [5, 5.41) is 39.0. The molecular weight excluding hydrogens is 863 g/mol. The Morgan fingerprint density at radius 2 is 0.642 bits per heavy atom. The van der Waals surface area contributed by atoms with Gasteiger partial charge in [-0.1, -0.05) is 19.3 Å². The van der Waals surface area contributed by atoms with Gasteiger partial charge in [0.1, 0.15) is 0 Å². The van der Waals surface area contributed by atoms with Crippen LogP contribution in [0.15, 0.2) is 0 Å². The Balaban J connectivity index is -0.000000213. The number of carbonyl (C=O) groups excluding carboxylic acids is 6. The predicted octanol–water partition coefficient (Wildman–Crippen LogP) is -1.73. The van der Waals surface area contributed by atoms with E-state index >= 15 is 0 Å². The molecule has 3 atom stereocenters. The fourth-order valence-electron chi connectivity index (χ4n) is 4.05. The minimum Gasteiger partial charge on any atom is -0.550 e. The summed E-state index contributed by atoms with van der Waals surface area (Å²) in [4.78, 5) is 64.0. The summed E-state index contributed by atoms with van der Waals surface area (Å²) in [5.41, 5.74) is 0. The van der Waals surface area contributed by atoms with E-state index in [9.17, 15) is 44.1 Å². The van der Waals surface area contributed by atoms with Crippen LogP contribution in [0.3, 0.4) is 0 Å². The fourth-order valence-corrected chi connectivity index (χ4v) is 6.53. The standard InChI is InChI=1S/3C11H21NO3S2.Na.Zn/c3*13-10(12-7-5-11(14)15)4-2-1-3-9(17)6-8-16;;/h3*9,16-17H,1-8H2,(H,12,13)(H,14,15);;/q;;;+1;+2/p-3. The molecule has 0 aliphatic heterocycles. The van der Waals surface area contributed by atoms with Crippen LogP contribution in [0.2, 0.25) is 0 Å². The molecule has 0 aromatic carbocycles. The summed E-state index contributed by atoms with van der Waals surface area (Å²) in [6.07, 6.45) is 12.1. The Morgan fingerprint density at radius 3 is 0.830 bits per heavy atom. The third kappa shape index (κ3) is 57.0. The largest absolute Gasteiger partial charge is 2.00 e. The number of thiol groups is 6. The zero-order chi connectivity index (χ0) is 39.3. The zero-order valence-corrected chi connectivity index (χ0v) is 41.6. The van der Waals surface area contributed by atoms with Gasteiger partial charge < -0.3 is 45.7 Å². The molecule has 3 amide bonds. The quantitative estimate of drug-likeness (QED) is 0.0228. The molecule has 12 nitrogen and oxygen atoms in total. The summed E-state index contributed by atoms with van der Waals surface area (Å²) in [7, 11) is 0. The molecule has 0 saturated carbocycles. The molecule has 300 valence electrons. The Morgan fingerprint density at radius 1 is 0.415 bits per heavy atom. The van der Waals surface area contributed by atoms with Crippen molar-refractivity contribution < 1.29 is 93.1 Å². The van der Waals surface area contributed by atoms with E-state index in [1.807, 2.05) is 0 Å². The summed E-state index contributed by atoms with van der Waals surface area (Å²) in [5.74, 6) is -1.24. The van der Waals surface area contributed by atoms with E-state index in [4.69, 9.17) is 0 Å². The van der Waals surface area contributed by atoms with Crippen LogP contribution in [0.25, 0.3) is 0 Å². The monoisotopic (exact) mass is 921 g/mol. The normalized spacial score (nSPS) is 11.7. The molecule has 0 fully saturated rings. The van der Waals surface area contributed by atoms with Crippen LogP contribution < -0.4 is 60.8 Å². The van der Waals surface area contributed by atoms with Crippen molar-refractivity contribution in [3.8, 4) is 0 Å². The van der Waals surface area contributed by atoms with Gasteiger partial charge in [-0.05, 0) is 75.0 Å². The number of carbonyl (C=O) groups is 6. The van der Waals surface area contributed by atoms with Crippen molar-refractivity contribution in [2.24, 2.45) is 0 Å². The average Bonchev–Trinajstić information content (AvgIpc) is 3.04. The van der Waals surface area contributed by atoms with Crippen molar-refractivity contribution in [3.05, 3.63) is 0 Å². The molecule has 0 heterocycles. The summed E-state index contributed by atoms with van der Waals surface area (Å²) < 4.78 is 0. The van der Waals surface area contributed by atoms with Crippen molar-refractivity contribution in [1.29, 1.82) is 0 Å². The number of carboxylic acid groups (broad SMARTS) is 3. The maximum absolute atomic E-state index is 11.2.